The van der Waals surface area contributed by atoms with Crippen molar-refractivity contribution in [1.82, 2.24) is 4.57 Å². The summed E-state index contributed by atoms with van der Waals surface area (Å²) in [5, 5.41) is 0. The molecule has 2 heterocycles. The number of rotatable bonds is 1. The molecule has 19 heavy (non-hydrogen) atoms. The van der Waals surface area contributed by atoms with Gasteiger partial charge in [-0.1, -0.05) is 29.8 Å². The first-order chi connectivity index (χ1) is 9.06. The van der Waals surface area contributed by atoms with Crippen LogP contribution < -0.4 is 5.56 Å². The van der Waals surface area contributed by atoms with E-state index >= 15 is 0 Å². The van der Waals surface area contributed by atoms with Crippen LogP contribution in [0.1, 0.15) is 11.1 Å². The second-order valence-corrected chi connectivity index (χ2v) is 5.97. The third kappa shape index (κ3) is 2.00. The lowest BCUT2D eigenvalue weighted by Gasteiger charge is -2.00. The molecule has 0 fully saturated rings. The molecule has 0 aliphatic rings. The van der Waals surface area contributed by atoms with E-state index in [4.69, 9.17) is 0 Å². The first-order valence-corrected chi connectivity index (χ1v) is 7.05. The van der Waals surface area contributed by atoms with Crippen molar-refractivity contribution in [3.8, 4) is 10.4 Å². The van der Waals surface area contributed by atoms with Gasteiger partial charge >= 0.3 is 0 Å². The Hall–Kier alpha value is -1.87. The van der Waals surface area contributed by atoms with Gasteiger partial charge in [0.05, 0.1) is 10.2 Å². The lowest BCUT2D eigenvalue weighted by Crippen LogP contribution is -2.15. The molecule has 0 unspecified atom stereocenters. The Morgan fingerprint density at radius 1 is 1.05 bits per heavy atom. The second-order valence-electron chi connectivity index (χ2n) is 4.92. The molecule has 96 valence electrons. The van der Waals surface area contributed by atoms with Gasteiger partial charge in [0, 0.05) is 18.0 Å². The standard InChI is InChI=1S/C16H15NOS/c1-10-4-6-12(7-5-10)14-9-13-16(19-14)11(2)8-15(18)17(13)3/h4-9H,1-3H3. The molecule has 0 saturated carbocycles. The van der Waals surface area contributed by atoms with Crippen LogP contribution in [-0.4, -0.2) is 4.57 Å². The van der Waals surface area contributed by atoms with E-state index in [1.165, 1.54) is 20.7 Å². The fourth-order valence-corrected chi connectivity index (χ4v) is 3.40. The topological polar surface area (TPSA) is 22.0 Å². The van der Waals surface area contributed by atoms with Gasteiger partial charge in [0.2, 0.25) is 0 Å². The smallest absolute Gasteiger partial charge is 0.251 e. The molecule has 0 aliphatic heterocycles. The minimum Gasteiger partial charge on any atom is -0.310 e. The third-order valence-corrected chi connectivity index (χ3v) is 4.75. The zero-order valence-corrected chi connectivity index (χ0v) is 12.0. The van der Waals surface area contributed by atoms with Crippen LogP contribution in [-0.2, 0) is 7.05 Å². The molecule has 3 aromatic rings. The number of thiophene rings is 1. The van der Waals surface area contributed by atoms with Crippen LogP contribution in [0.25, 0.3) is 20.7 Å². The van der Waals surface area contributed by atoms with Crippen molar-refractivity contribution < 1.29 is 0 Å². The van der Waals surface area contributed by atoms with Crippen molar-refractivity contribution in [1.29, 1.82) is 0 Å². The molecule has 1 aromatic carbocycles. The Labute approximate surface area is 115 Å². The highest BCUT2D eigenvalue weighted by molar-refractivity contribution is 7.22. The molecule has 0 saturated heterocycles. The van der Waals surface area contributed by atoms with Gasteiger partial charge in [-0.25, -0.2) is 0 Å². The van der Waals surface area contributed by atoms with Crippen LogP contribution in [0.3, 0.4) is 0 Å². The number of aromatic nitrogens is 1. The molecular formula is C16H15NOS. The maximum absolute atomic E-state index is 11.8. The Bertz CT molecular complexity index is 809. The molecule has 0 radical (unpaired) electrons. The summed E-state index contributed by atoms with van der Waals surface area (Å²) in [6, 6.07) is 12.3. The molecule has 0 spiro atoms. The van der Waals surface area contributed by atoms with E-state index in [-0.39, 0.29) is 5.56 Å². The largest absolute Gasteiger partial charge is 0.310 e. The molecular weight excluding hydrogens is 254 g/mol. The number of pyridine rings is 1. The zero-order valence-electron chi connectivity index (χ0n) is 11.2. The fourth-order valence-electron chi connectivity index (χ4n) is 2.24. The van der Waals surface area contributed by atoms with Gasteiger partial charge in [-0.05, 0) is 31.0 Å². The first kappa shape index (κ1) is 12.2. The Balaban J connectivity index is 2.27. The maximum Gasteiger partial charge on any atom is 0.251 e. The summed E-state index contributed by atoms with van der Waals surface area (Å²) in [5.41, 5.74) is 4.59. The number of hydrogen-bond acceptors (Lipinski definition) is 2. The van der Waals surface area contributed by atoms with Crippen LogP contribution in [0.15, 0.2) is 41.2 Å². The van der Waals surface area contributed by atoms with Gasteiger partial charge in [0.25, 0.3) is 5.56 Å². The van der Waals surface area contributed by atoms with E-state index in [1.807, 2.05) is 14.0 Å². The van der Waals surface area contributed by atoms with Gasteiger partial charge in [-0.15, -0.1) is 11.3 Å². The Morgan fingerprint density at radius 2 is 1.74 bits per heavy atom. The van der Waals surface area contributed by atoms with Crippen LogP contribution in [0.2, 0.25) is 0 Å². The van der Waals surface area contributed by atoms with Crippen molar-refractivity contribution in [3.63, 3.8) is 0 Å². The molecule has 2 aromatic heterocycles. The number of nitrogens with zero attached hydrogens (tertiary/aromatic N) is 1. The van der Waals surface area contributed by atoms with Crippen LogP contribution >= 0.6 is 11.3 Å². The molecule has 2 nitrogen and oxygen atoms in total. The SMILES string of the molecule is Cc1ccc(-c2cc3c(s2)c(C)cc(=O)n3C)cc1. The van der Waals surface area contributed by atoms with Crippen molar-refractivity contribution >= 4 is 21.6 Å². The molecule has 0 N–H and O–H groups in total. The molecule has 0 bridgehead atoms. The first-order valence-electron chi connectivity index (χ1n) is 6.23. The van der Waals surface area contributed by atoms with Crippen molar-refractivity contribution in [2.75, 3.05) is 0 Å². The number of fused-ring (bicyclic) bond motifs is 1. The predicted molar refractivity (Wildman–Crippen MR) is 82.0 cm³/mol. The summed E-state index contributed by atoms with van der Waals surface area (Å²) in [4.78, 5) is 13.0. The van der Waals surface area contributed by atoms with Crippen molar-refractivity contribution in [3.05, 3.63) is 57.9 Å². The highest BCUT2D eigenvalue weighted by Crippen LogP contribution is 2.34. The zero-order chi connectivity index (χ0) is 13.6. The Morgan fingerprint density at radius 3 is 2.42 bits per heavy atom. The van der Waals surface area contributed by atoms with Crippen LogP contribution in [0.4, 0.5) is 0 Å². The monoisotopic (exact) mass is 269 g/mol. The van der Waals surface area contributed by atoms with E-state index in [2.05, 4.69) is 37.3 Å². The van der Waals surface area contributed by atoms with E-state index < -0.39 is 0 Å². The van der Waals surface area contributed by atoms with E-state index in [9.17, 15) is 4.79 Å². The molecule has 0 amide bonds. The number of hydrogen-bond donors (Lipinski definition) is 0. The minimum absolute atomic E-state index is 0.0539. The molecule has 3 heteroatoms. The normalized spacial score (nSPS) is 11.1. The summed E-state index contributed by atoms with van der Waals surface area (Å²) < 4.78 is 2.91. The van der Waals surface area contributed by atoms with Crippen LogP contribution in [0.5, 0.6) is 0 Å². The summed E-state index contributed by atoms with van der Waals surface area (Å²) in [6.07, 6.45) is 0. The quantitative estimate of drug-likeness (QED) is 0.657. The molecule has 3 rings (SSSR count). The van der Waals surface area contributed by atoms with E-state index in [0.717, 1.165) is 11.1 Å². The summed E-state index contributed by atoms with van der Waals surface area (Å²) >= 11 is 1.75. The average Bonchev–Trinajstić information content (AvgIpc) is 2.83. The summed E-state index contributed by atoms with van der Waals surface area (Å²) in [5.74, 6) is 0. The number of benzene rings is 1. The van der Waals surface area contributed by atoms with Gasteiger partial charge in [0.15, 0.2) is 0 Å². The lowest BCUT2D eigenvalue weighted by molar-refractivity contribution is 0.905. The minimum atomic E-state index is 0.0539. The lowest BCUT2D eigenvalue weighted by atomic mass is 10.1. The van der Waals surface area contributed by atoms with Gasteiger partial charge in [-0.3, -0.25) is 4.79 Å². The maximum atomic E-state index is 11.8. The van der Waals surface area contributed by atoms with Gasteiger partial charge in [-0.2, -0.15) is 0 Å². The molecule has 0 atom stereocenters. The highest BCUT2D eigenvalue weighted by Gasteiger charge is 2.09. The Kier molecular flexibility index (Phi) is 2.79. The predicted octanol–water partition coefficient (Wildman–Crippen LogP) is 3.88. The summed E-state index contributed by atoms with van der Waals surface area (Å²) in [6.45, 7) is 4.09. The van der Waals surface area contributed by atoms with Crippen molar-refractivity contribution in [2.45, 2.75) is 13.8 Å². The van der Waals surface area contributed by atoms with E-state index in [1.54, 1.807) is 22.0 Å². The molecule has 0 aliphatic carbocycles. The summed E-state index contributed by atoms with van der Waals surface area (Å²) in [7, 11) is 1.83. The van der Waals surface area contributed by atoms with Crippen molar-refractivity contribution in [2.24, 2.45) is 7.05 Å². The van der Waals surface area contributed by atoms with Crippen LogP contribution in [0, 0.1) is 13.8 Å². The second kappa shape index (κ2) is 4.35. The fraction of sp³-hybridized carbons (Fsp3) is 0.188. The highest BCUT2D eigenvalue weighted by atomic mass is 32.1. The van der Waals surface area contributed by atoms with E-state index in [0.29, 0.717) is 0 Å². The number of aryl methyl sites for hydroxylation is 3. The average molecular weight is 269 g/mol. The van der Waals surface area contributed by atoms with Gasteiger partial charge in [0.1, 0.15) is 0 Å². The van der Waals surface area contributed by atoms with Gasteiger partial charge < -0.3 is 4.57 Å². The third-order valence-electron chi connectivity index (χ3n) is 3.44.